The number of carboxylic acids is 1. The second-order valence-electron chi connectivity index (χ2n) is 18.6. The van der Waals surface area contributed by atoms with Crippen molar-refractivity contribution in [3.8, 4) is 5.75 Å². The standard InChI is InChI=1S/C47H75N17O9/c48-45(49)56-15-3-5-34-42(71)62-35(43(72)63-36(22-30-8-12-33(65)13-9-30)44(73)64-37(23-39(67)68)41(70)57-25-38(66)61-34)4-1-2-14-55-40(69)32-10-6-31(7-11-32)24-60-46-26-51-16-17-54-29-47(50,58-20-18-52-27-46)59-21-19-53-28-46/h6-13,34-37,51-54,58-60,65H,1-5,14-29,50H2,(H,55,69)(H,57,70)(H,61,66)(H,62,71)(H,63,72)(H,64,73)(H,67,68)(H4,48,49,56)/t34-,35-,36+,37-,46?,47?/m1/s1. The summed E-state index contributed by atoms with van der Waals surface area (Å²) in [7, 11) is 0. The van der Waals surface area contributed by atoms with Crippen molar-refractivity contribution >= 4 is 47.4 Å². The van der Waals surface area contributed by atoms with Crippen LogP contribution in [0.2, 0.25) is 0 Å². The van der Waals surface area contributed by atoms with E-state index >= 15 is 0 Å². The van der Waals surface area contributed by atoms with E-state index in [0.717, 1.165) is 31.7 Å². The van der Waals surface area contributed by atoms with Crippen molar-refractivity contribution in [1.82, 2.24) is 69.1 Å². The number of nitrogens with zero attached hydrogens (tertiary/aromatic N) is 1. The van der Waals surface area contributed by atoms with Gasteiger partial charge in [-0.15, -0.1) is 0 Å². The molecule has 0 saturated carbocycles. The highest BCUT2D eigenvalue weighted by atomic mass is 16.4. The number of unbranched alkanes of at least 4 members (excludes halogenated alkanes) is 1. The lowest BCUT2D eigenvalue weighted by molar-refractivity contribution is -0.141. The van der Waals surface area contributed by atoms with Gasteiger partial charge in [-0.25, -0.2) is 0 Å². The molecule has 0 unspecified atom stereocenters. The highest BCUT2D eigenvalue weighted by Crippen LogP contribution is 2.14. The minimum absolute atomic E-state index is 0.0171. The number of benzene rings is 2. The van der Waals surface area contributed by atoms with Gasteiger partial charge in [0.25, 0.3) is 5.91 Å². The number of hydrogen-bond acceptors (Lipinski definition) is 17. The zero-order valence-electron chi connectivity index (χ0n) is 41.2. The number of aliphatic imine (C=N–C) groups is 1. The number of aliphatic carboxylic acids is 1. The Kier molecular flexibility index (Phi) is 23.0. The van der Waals surface area contributed by atoms with E-state index in [-0.39, 0.29) is 61.9 Å². The third kappa shape index (κ3) is 20.1. The highest BCUT2D eigenvalue weighted by molar-refractivity contribution is 5.98. The number of carboxylic acid groups (broad SMARTS) is 1. The number of guanidine groups is 1. The van der Waals surface area contributed by atoms with Crippen LogP contribution in [0.25, 0.3) is 0 Å². The van der Waals surface area contributed by atoms with Crippen LogP contribution in [-0.4, -0.2) is 178 Å². The number of nitrogens with one attached hydrogen (secondary N) is 13. The molecule has 0 aromatic heterocycles. The highest BCUT2D eigenvalue weighted by Gasteiger charge is 2.34. The molecular formula is C47H75N17O9. The van der Waals surface area contributed by atoms with Crippen molar-refractivity contribution < 1.29 is 43.8 Å². The molecule has 0 spiro atoms. The number of hydrogen-bond donors (Lipinski definition) is 18. The van der Waals surface area contributed by atoms with Crippen LogP contribution >= 0.6 is 0 Å². The first kappa shape index (κ1) is 57.4. The molecule has 21 N–H and O–H groups in total. The molecule has 26 nitrogen and oxygen atoms in total. The van der Waals surface area contributed by atoms with E-state index < -0.39 is 78.4 Å². The van der Waals surface area contributed by atoms with Gasteiger partial charge in [0.2, 0.25) is 29.5 Å². The molecule has 2 bridgehead atoms. The Morgan fingerprint density at radius 3 is 1.84 bits per heavy atom. The third-order valence-electron chi connectivity index (χ3n) is 12.5. The molecular weight excluding hydrogens is 947 g/mol. The van der Waals surface area contributed by atoms with Gasteiger partial charge in [-0.2, -0.15) is 0 Å². The molecule has 4 fully saturated rings. The minimum atomic E-state index is -1.65. The maximum atomic E-state index is 14.2. The predicted octanol–water partition coefficient (Wildman–Crippen LogP) is -5.86. The fourth-order valence-corrected chi connectivity index (χ4v) is 8.45. The minimum Gasteiger partial charge on any atom is -0.508 e. The number of carbonyl (C=O) groups is 7. The smallest absolute Gasteiger partial charge is 0.305 e. The van der Waals surface area contributed by atoms with Crippen LogP contribution in [0.3, 0.4) is 0 Å². The third-order valence-corrected chi connectivity index (χ3v) is 12.5. The largest absolute Gasteiger partial charge is 0.508 e. The Bertz CT molecular complexity index is 2160. The fourth-order valence-electron chi connectivity index (χ4n) is 8.45. The van der Waals surface area contributed by atoms with Crippen LogP contribution in [-0.2, 0) is 41.7 Å². The second-order valence-corrected chi connectivity index (χ2v) is 18.6. The monoisotopic (exact) mass is 1020 g/mol. The van der Waals surface area contributed by atoms with Gasteiger partial charge >= 0.3 is 5.97 Å². The van der Waals surface area contributed by atoms with E-state index in [9.17, 15) is 43.8 Å². The molecule has 73 heavy (non-hydrogen) atoms. The van der Waals surface area contributed by atoms with Crippen LogP contribution in [0.5, 0.6) is 5.75 Å². The molecule has 4 heterocycles. The van der Waals surface area contributed by atoms with Gasteiger partial charge in [0, 0.05) is 97.1 Å². The van der Waals surface area contributed by atoms with E-state index in [0.29, 0.717) is 69.8 Å². The Labute approximate surface area is 424 Å². The summed E-state index contributed by atoms with van der Waals surface area (Å²) in [6.07, 6.45) is -0.0575. The van der Waals surface area contributed by atoms with Gasteiger partial charge in [0.1, 0.15) is 35.7 Å². The Morgan fingerprint density at radius 1 is 0.658 bits per heavy atom. The normalized spacial score (nSPS) is 25.3. The van der Waals surface area contributed by atoms with Gasteiger partial charge in [0.05, 0.1) is 18.5 Å². The number of phenolic OH excluding ortho intramolecular Hbond substituents is 1. The van der Waals surface area contributed by atoms with Gasteiger partial charge in [-0.05, 0) is 67.5 Å². The maximum Gasteiger partial charge on any atom is 0.305 e. The number of phenols is 1. The molecule has 2 aromatic rings. The van der Waals surface area contributed by atoms with E-state index in [1.54, 1.807) is 12.1 Å². The SMILES string of the molecule is NC(N)=NCCC[C@H]1NC(=O)CNC(=O)[C@@H](CC(=O)O)NC(=O)[C@H](Cc2ccc(O)cc2)NC(=O)[C@@H](CCCCNC(=O)c2ccc(CNC34CNCCNCC(N)(NCCNC3)NCCNC4)cc2)NC1=O. The van der Waals surface area contributed by atoms with Crippen molar-refractivity contribution in [1.29, 1.82) is 0 Å². The molecule has 4 aliphatic heterocycles. The average Bonchev–Trinajstić information content (AvgIpc) is 3.38. The first-order valence-electron chi connectivity index (χ1n) is 24.8. The van der Waals surface area contributed by atoms with Gasteiger partial charge in [-0.3, -0.25) is 54.9 Å². The predicted molar refractivity (Wildman–Crippen MR) is 271 cm³/mol. The number of carbonyl (C=O) groups excluding carboxylic acids is 6. The second kappa shape index (κ2) is 29.2. The summed E-state index contributed by atoms with van der Waals surface area (Å²) >= 11 is 0. The van der Waals surface area contributed by atoms with Gasteiger partial charge < -0.3 is 80.2 Å². The number of fused-ring (bicyclic) bond motifs is 13. The quantitative estimate of drug-likeness (QED) is 0.0399. The lowest BCUT2D eigenvalue weighted by Gasteiger charge is -2.37. The van der Waals surface area contributed by atoms with Crippen LogP contribution in [0.1, 0.15) is 60.0 Å². The molecule has 402 valence electrons. The molecule has 26 heteroatoms. The molecule has 4 aliphatic rings. The van der Waals surface area contributed by atoms with E-state index in [2.05, 4.69) is 74.1 Å². The van der Waals surface area contributed by atoms with Gasteiger partial charge in [0.15, 0.2) is 5.96 Å². The average molecular weight is 1020 g/mol. The maximum absolute atomic E-state index is 14.2. The summed E-state index contributed by atoms with van der Waals surface area (Å²) in [5, 5.41) is 59.8. The van der Waals surface area contributed by atoms with Crippen molar-refractivity contribution in [3.63, 3.8) is 0 Å². The number of nitrogens with two attached hydrogens (primary N) is 3. The first-order chi connectivity index (χ1) is 35.0. The topological polar surface area (TPSA) is 407 Å². The molecule has 4 saturated heterocycles. The Morgan fingerprint density at radius 2 is 1.21 bits per heavy atom. The zero-order valence-corrected chi connectivity index (χ0v) is 41.2. The van der Waals surface area contributed by atoms with Crippen LogP contribution in [0.4, 0.5) is 0 Å². The summed E-state index contributed by atoms with van der Waals surface area (Å²) in [5.74, 6) is -6.94. The molecule has 0 aliphatic carbocycles. The number of rotatable bonds is 17. The summed E-state index contributed by atoms with van der Waals surface area (Å²) in [4.78, 5) is 97.2. The van der Waals surface area contributed by atoms with Crippen molar-refractivity contribution in [2.75, 3.05) is 85.1 Å². The molecule has 6 amide bonds. The van der Waals surface area contributed by atoms with Crippen LogP contribution < -0.4 is 86.3 Å². The van der Waals surface area contributed by atoms with Crippen molar-refractivity contribution in [2.45, 2.75) is 87.0 Å². The summed E-state index contributed by atoms with van der Waals surface area (Å²) in [5.41, 5.74) is 19.1. The lowest BCUT2D eigenvalue weighted by atomic mass is 9.97. The zero-order chi connectivity index (χ0) is 52.6. The first-order valence-corrected chi connectivity index (χ1v) is 24.8. The molecule has 6 rings (SSSR count). The summed E-state index contributed by atoms with van der Waals surface area (Å²) in [6, 6.07) is 7.58. The van der Waals surface area contributed by atoms with Crippen molar-refractivity contribution in [2.24, 2.45) is 22.2 Å². The molecule has 0 radical (unpaired) electrons. The van der Waals surface area contributed by atoms with E-state index in [4.69, 9.17) is 17.2 Å². The van der Waals surface area contributed by atoms with Crippen LogP contribution in [0, 0.1) is 0 Å². The lowest BCUT2D eigenvalue weighted by Crippen LogP contribution is -2.71. The number of aromatic hydroxyl groups is 1. The molecule has 4 atom stereocenters. The Hall–Kier alpha value is -6.52. The Balaban J connectivity index is 1.24. The van der Waals surface area contributed by atoms with Gasteiger partial charge in [-0.1, -0.05) is 24.3 Å². The summed E-state index contributed by atoms with van der Waals surface area (Å²) < 4.78 is 0. The fraction of sp³-hybridized carbons (Fsp3) is 0.574. The van der Waals surface area contributed by atoms with E-state index in [1.165, 1.54) is 24.3 Å². The number of amides is 6. The summed E-state index contributed by atoms with van der Waals surface area (Å²) in [6.45, 7) is 7.19. The van der Waals surface area contributed by atoms with Crippen LogP contribution in [0.15, 0.2) is 53.5 Å². The van der Waals surface area contributed by atoms with E-state index in [1.807, 2.05) is 12.1 Å². The molecule has 2 aromatic carbocycles. The van der Waals surface area contributed by atoms with Crippen molar-refractivity contribution in [3.05, 3.63) is 65.2 Å².